The summed E-state index contributed by atoms with van der Waals surface area (Å²) in [4.78, 5) is 11.3. The minimum absolute atomic E-state index is 0.00632. The Morgan fingerprint density at radius 1 is 1.50 bits per heavy atom. The maximum atomic E-state index is 11.3. The summed E-state index contributed by atoms with van der Waals surface area (Å²) in [6, 6.07) is 0. The lowest BCUT2D eigenvalue weighted by molar-refractivity contribution is -0.153. The Kier molecular flexibility index (Phi) is 5.13. The molecule has 12 heavy (non-hydrogen) atoms. The molecule has 0 aliphatic heterocycles. The van der Waals surface area contributed by atoms with Crippen molar-refractivity contribution in [1.29, 1.82) is 0 Å². The van der Waals surface area contributed by atoms with E-state index >= 15 is 0 Å². The Labute approximate surface area is 88.2 Å². The average Bonchev–Trinajstić information content (AvgIpc) is 1.84. The fraction of sp³-hybridized carbons (Fsp3) is 0.889. The summed E-state index contributed by atoms with van der Waals surface area (Å²) in [7, 11) is 0. The van der Waals surface area contributed by atoms with E-state index in [0.29, 0.717) is 0 Å². The van der Waals surface area contributed by atoms with Crippen molar-refractivity contribution in [3.05, 3.63) is 0 Å². The van der Waals surface area contributed by atoms with Crippen LogP contribution in [0, 0.1) is 0 Å². The molecule has 0 saturated carbocycles. The summed E-state index contributed by atoms with van der Waals surface area (Å²) in [6.07, 6.45) is 1.92. The molecule has 0 bridgehead atoms. The summed E-state index contributed by atoms with van der Waals surface area (Å²) >= 11 is 2.13. The molecule has 0 aromatic carbocycles. The Hall–Kier alpha value is 0.200. The molecule has 2 nitrogen and oxygen atoms in total. The van der Waals surface area contributed by atoms with Gasteiger partial charge in [0.25, 0.3) is 0 Å². The van der Waals surface area contributed by atoms with E-state index < -0.39 is 0 Å². The van der Waals surface area contributed by atoms with Crippen LogP contribution in [-0.2, 0) is 9.53 Å². The van der Waals surface area contributed by atoms with Crippen molar-refractivity contribution in [2.24, 2.45) is 0 Å². The van der Waals surface area contributed by atoms with Crippen molar-refractivity contribution in [2.75, 3.05) is 0 Å². The summed E-state index contributed by atoms with van der Waals surface area (Å²) in [5.41, 5.74) is -0.353. The van der Waals surface area contributed by atoms with Crippen LogP contribution in [0.15, 0.2) is 0 Å². The number of carbonyl (C=O) groups excluding carboxylic acids is 1. The van der Waals surface area contributed by atoms with Crippen molar-refractivity contribution >= 4 is 28.6 Å². The van der Waals surface area contributed by atoms with E-state index in [-0.39, 0.29) is 15.5 Å². The predicted octanol–water partition coefficient (Wildman–Crippen LogP) is 2.93. The molecule has 72 valence electrons. The maximum absolute atomic E-state index is 11.3. The Bertz CT molecular complexity index is 149. The van der Waals surface area contributed by atoms with Crippen LogP contribution in [0.1, 0.15) is 40.5 Å². The monoisotopic (exact) mass is 284 g/mol. The molecule has 0 aliphatic carbocycles. The highest BCUT2D eigenvalue weighted by Gasteiger charge is 2.21. The SMILES string of the molecule is CCCC(I)C(=O)OC(C)(C)C. The van der Waals surface area contributed by atoms with Gasteiger partial charge in [-0.15, -0.1) is 0 Å². The molecule has 0 heterocycles. The molecule has 1 unspecified atom stereocenters. The lowest BCUT2D eigenvalue weighted by atomic mass is 10.2. The first kappa shape index (κ1) is 12.2. The fourth-order valence-corrected chi connectivity index (χ4v) is 1.49. The molecule has 0 radical (unpaired) electrons. The fourth-order valence-electron chi connectivity index (χ4n) is 0.737. The highest BCUT2D eigenvalue weighted by atomic mass is 127. The first-order valence-electron chi connectivity index (χ1n) is 4.23. The van der Waals surface area contributed by atoms with E-state index in [0.717, 1.165) is 12.8 Å². The zero-order chi connectivity index (χ0) is 9.78. The molecule has 0 spiro atoms. The number of hydrogen-bond acceptors (Lipinski definition) is 2. The second kappa shape index (κ2) is 5.04. The van der Waals surface area contributed by atoms with Crippen molar-refractivity contribution in [1.82, 2.24) is 0 Å². The van der Waals surface area contributed by atoms with Gasteiger partial charge in [-0.25, -0.2) is 0 Å². The van der Waals surface area contributed by atoms with Crippen LogP contribution in [0.3, 0.4) is 0 Å². The maximum Gasteiger partial charge on any atom is 0.319 e. The topological polar surface area (TPSA) is 26.3 Å². The number of halogens is 1. The summed E-state index contributed by atoms with van der Waals surface area (Å²) < 4.78 is 5.21. The molecule has 1 atom stereocenters. The van der Waals surface area contributed by atoms with Gasteiger partial charge in [-0.3, -0.25) is 4.79 Å². The van der Waals surface area contributed by atoms with Crippen LogP contribution < -0.4 is 0 Å². The molecule has 0 saturated heterocycles. The number of esters is 1. The largest absolute Gasteiger partial charge is 0.459 e. The first-order chi connectivity index (χ1) is 5.37. The van der Waals surface area contributed by atoms with Crippen LogP contribution in [0.4, 0.5) is 0 Å². The van der Waals surface area contributed by atoms with Gasteiger partial charge < -0.3 is 4.74 Å². The Balaban J connectivity index is 3.87. The third-order valence-electron chi connectivity index (χ3n) is 1.20. The number of carbonyl (C=O) groups is 1. The second-order valence-electron chi connectivity index (χ2n) is 3.79. The second-order valence-corrected chi connectivity index (χ2v) is 5.29. The van der Waals surface area contributed by atoms with Crippen LogP contribution in [0.25, 0.3) is 0 Å². The molecular formula is C9H17IO2. The third kappa shape index (κ3) is 5.80. The molecule has 0 N–H and O–H groups in total. The standard InChI is InChI=1S/C9H17IO2/c1-5-6-7(10)8(11)12-9(2,3)4/h7H,5-6H2,1-4H3. The van der Waals surface area contributed by atoms with Crippen molar-refractivity contribution in [3.63, 3.8) is 0 Å². The Morgan fingerprint density at radius 2 is 2.00 bits per heavy atom. The lowest BCUT2D eigenvalue weighted by Crippen LogP contribution is -2.28. The summed E-state index contributed by atoms with van der Waals surface area (Å²) in [5, 5.41) is 0. The minimum atomic E-state index is -0.353. The normalized spacial score (nSPS) is 14.1. The van der Waals surface area contributed by atoms with Crippen molar-refractivity contribution in [3.8, 4) is 0 Å². The van der Waals surface area contributed by atoms with Gasteiger partial charge in [-0.05, 0) is 27.2 Å². The molecule has 3 heteroatoms. The van der Waals surface area contributed by atoms with Crippen LogP contribution >= 0.6 is 22.6 Å². The van der Waals surface area contributed by atoms with Gasteiger partial charge in [0.2, 0.25) is 0 Å². The number of rotatable bonds is 3. The quantitative estimate of drug-likeness (QED) is 0.452. The van der Waals surface area contributed by atoms with Gasteiger partial charge in [0.05, 0.1) is 0 Å². The minimum Gasteiger partial charge on any atom is -0.459 e. The molecular weight excluding hydrogens is 267 g/mol. The Morgan fingerprint density at radius 3 is 2.33 bits per heavy atom. The lowest BCUT2D eigenvalue weighted by Gasteiger charge is -2.21. The molecule has 0 fully saturated rings. The van der Waals surface area contributed by atoms with E-state index in [2.05, 4.69) is 29.5 Å². The van der Waals surface area contributed by atoms with E-state index in [1.54, 1.807) is 0 Å². The van der Waals surface area contributed by atoms with Gasteiger partial charge in [-0.1, -0.05) is 35.9 Å². The summed E-state index contributed by atoms with van der Waals surface area (Å²) in [6.45, 7) is 7.73. The van der Waals surface area contributed by atoms with E-state index in [1.165, 1.54) is 0 Å². The van der Waals surface area contributed by atoms with Gasteiger partial charge in [0.1, 0.15) is 9.53 Å². The van der Waals surface area contributed by atoms with Crippen LogP contribution in [-0.4, -0.2) is 15.5 Å². The number of alkyl halides is 1. The number of ether oxygens (including phenoxy) is 1. The van der Waals surface area contributed by atoms with E-state index in [1.807, 2.05) is 20.8 Å². The van der Waals surface area contributed by atoms with Crippen LogP contribution in [0.5, 0.6) is 0 Å². The predicted molar refractivity (Wildman–Crippen MR) is 58.6 cm³/mol. The summed E-state index contributed by atoms with van der Waals surface area (Å²) in [5.74, 6) is -0.0926. The number of hydrogen-bond donors (Lipinski definition) is 0. The van der Waals surface area contributed by atoms with Gasteiger partial charge in [-0.2, -0.15) is 0 Å². The average molecular weight is 284 g/mol. The zero-order valence-electron chi connectivity index (χ0n) is 8.19. The van der Waals surface area contributed by atoms with E-state index in [9.17, 15) is 4.79 Å². The third-order valence-corrected chi connectivity index (χ3v) is 2.34. The van der Waals surface area contributed by atoms with Gasteiger partial charge >= 0.3 is 5.97 Å². The van der Waals surface area contributed by atoms with Crippen molar-refractivity contribution in [2.45, 2.75) is 50.1 Å². The molecule has 0 amide bonds. The zero-order valence-corrected chi connectivity index (χ0v) is 10.3. The molecule has 0 aliphatic rings. The molecule has 0 aromatic heterocycles. The first-order valence-corrected chi connectivity index (χ1v) is 5.48. The van der Waals surface area contributed by atoms with Crippen molar-refractivity contribution < 1.29 is 9.53 Å². The molecule has 0 aromatic rings. The smallest absolute Gasteiger partial charge is 0.319 e. The molecule has 0 rings (SSSR count). The van der Waals surface area contributed by atoms with Gasteiger partial charge in [0.15, 0.2) is 0 Å². The van der Waals surface area contributed by atoms with E-state index in [4.69, 9.17) is 4.74 Å². The van der Waals surface area contributed by atoms with Gasteiger partial charge in [0, 0.05) is 0 Å². The highest BCUT2D eigenvalue weighted by Crippen LogP contribution is 2.15. The highest BCUT2D eigenvalue weighted by molar-refractivity contribution is 14.1. The van der Waals surface area contributed by atoms with Crippen LogP contribution in [0.2, 0.25) is 0 Å².